The molecule has 0 spiro atoms. The molecule has 3 N–H and O–H groups in total. The molecule has 1 amide bonds. The monoisotopic (exact) mass is 341 g/mol. The Morgan fingerprint density at radius 1 is 1.16 bits per heavy atom. The van der Waals surface area contributed by atoms with Crippen LogP contribution in [0.3, 0.4) is 0 Å². The molecule has 128 valence electrons. The van der Waals surface area contributed by atoms with E-state index >= 15 is 0 Å². The predicted molar refractivity (Wildman–Crippen MR) is 89.3 cm³/mol. The number of carboxylic acid groups (broad SMARTS) is 1. The molecule has 0 aliphatic heterocycles. The molecule has 0 bridgehead atoms. The molecule has 1 heterocycles. The Morgan fingerprint density at radius 2 is 1.88 bits per heavy atom. The average Bonchev–Trinajstić information content (AvgIpc) is 2.98. The number of hydrogen-bond donors (Lipinski definition) is 3. The number of carbonyl (C=O) groups excluding carboxylic acids is 1. The van der Waals surface area contributed by atoms with Gasteiger partial charge in [-0.25, -0.2) is 4.39 Å². The SMILES string of the molecule is O=C(O)C[C@@H](NC(=O)Cc1[nH]nc2ccccc12)c1ccc(F)cc1. The van der Waals surface area contributed by atoms with Crippen molar-refractivity contribution < 1.29 is 19.1 Å². The third kappa shape index (κ3) is 4.00. The molecule has 6 nitrogen and oxygen atoms in total. The number of benzene rings is 2. The molecule has 2 aromatic carbocycles. The number of aromatic nitrogens is 2. The molecular formula is C18H16FN3O3. The van der Waals surface area contributed by atoms with Gasteiger partial charge in [0.25, 0.3) is 0 Å². The van der Waals surface area contributed by atoms with Gasteiger partial charge in [0.15, 0.2) is 0 Å². The van der Waals surface area contributed by atoms with Crippen LogP contribution in [-0.2, 0) is 16.0 Å². The van der Waals surface area contributed by atoms with Crippen LogP contribution >= 0.6 is 0 Å². The quantitative estimate of drug-likeness (QED) is 0.642. The number of halogens is 1. The van der Waals surface area contributed by atoms with Gasteiger partial charge >= 0.3 is 5.97 Å². The molecule has 0 aliphatic carbocycles. The zero-order valence-corrected chi connectivity index (χ0v) is 13.2. The molecule has 0 aliphatic rings. The number of para-hydroxylation sites is 1. The average molecular weight is 341 g/mol. The lowest BCUT2D eigenvalue weighted by molar-refractivity contribution is -0.137. The van der Waals surface area contributed by atoms with Crippen molar-refractivity contribution in [2.45, 2.75) is 18.9 Å². The van der Waals surface area contributed by atoms with E-state index in [1.165, 1.54) is 24.3 Å². The molecule has 7 heteroatoms. The van der Waals surface area contributed by atoms with Gasteiger partial charge in [0, 0.05) is 5.39 Å². The third-order valence-electron chi connectivity index (χ3n) is 3.86. The number of carboxylic acids is 1. The number of hydrogen-bond acceptors (Lipinski definition) is 3. The van der Waals surface area contributed by atoms with Crippen molar-refractivity contribution in [2.24, 2.45) is 0 Å². The second-order valence-corrected chi connectivity index (χ2v) is 5.67. The van der Waals surface area contributed by atoms with Crippen LogP contribution in [0.5, 0.6) is 0 Å². The van der Waals surface area contributed by atoms with E-state index < -0.39 is 17.8 Å². The molecule has 0 fully saturated rings. The molecular weight excluding hydrogens is 325 g/mol. The normalized spacial score (nSPS) is 12.0. The molecule has 0 radical (unpaired) electrons. The first-order valence-corrected chi connectivity index (χ1v) is 7.71. The number of aromatic amines is 1. The fraction of sp³-hybridized carbons (Fsp3) is 0.167. The lowest BCUT2D eigenvalue weighted by Gasteiger charge is -2.17. The van der Waals surface area contributed by atoms with E-state index in [-0.39, 0.29) is 18.7 Å². The first-order chi connectivity index (χ1) is 12.0. The third-order valence-corrected chi connectivity index (χ3v) is 3.86. The van der Waals surface area contributed by atoms with E-state index in [9.17, 15) is 14.0 Å². The van der Waals surface area contributed by atoms with Gasteiger partial charge < -0.3 is 10.4 Å². The Labute approximate surface area is 142 Å². The van der Waals surface area contributed by atoms with Crippen molar-refractivity contribution in [2.75, 3.05) is 0 Å². The van der Waals surface area contributed by atoms with Gasteiger partial charge in [0.1, 0.15) is 5.82 Å². The van der Waals surface area contributed by atoms with Crippen molar-refractivity contribution in [1.29, 1.82) is 0 Å². The summed E-state index contributed by atoms with van der Waals surface area (Å²) >= 11 is 0. The highest BCUT2D eigenvalue weighted by Crippen LogP contribution is 2.19. The van der Waals surface area contributed by atoms with Gasteiger partial charge in [-0.2, -0.15) is 5.10 Å². The number of carbonyl (C=O) groups is 2. The summed E-state index contributed by atoms with van der Waals surface area (Å²) in [6.07, 6.45) is -0.251. The van der Waals surface area contributed by atoms with Crippen molar-refractivity contribution >= 4 is 22.8 Å². The zero-order valence-electron chi connectivity index (χ0n) is 13.2. The second-order valence-electron chi connectivity index (χ2n) is 5.67. The smallest absolute Gasteiger partial charge is 0.305 e. The van der Waals surface area contributed by atoms with E-state index in [4.69, 9.17) is 5.11 Å². The number of aliphatic carboxylic acids is 1. The summed E-state index contributed by atoms with van der Waals surface area (Å²) in [4.78, 5) is 23.4. The van der Waals surface area contributed by atoms with E-state index in [0.717, 1.165) is 10.9 Å². The lowest BCUT2D eigenvalue weighted by atomic mass is 10.0. The Balaban J connectivity index is 1.75. The fourth-order valence-corrected chi connectivity index (χ4v) is 2.68. The minimum absolute atomic E-state index is 0.0395. The van der Waals surface area contributed by atoms with Crippen LogP contribution in [0.2, 0.25) is 0 Å². The molecule has 25 heavy (non-hydrogen) atoms. The summed E-state index contributed by atoms with van der Waals surface area (Å²) in [7, 11) is 0. The number of rotatable bonds is 6. The summed E-state index contributed by atoms with van der Waals surface area (Å²) in [5, 5.41) is 19.6. The van der Waals surface area contributed by atoms with Gasteiger partial charge in [-0.15, -0.1) is 0 Å². The number of nitrogens with zero attached hydrogens (tertiary/aromatic N) is 1. The van der Waals surface area contributed by atoms with Crippen molar-refractivity contribution in [1.82, 2.24) is 15.5 Å². The summed E-state index contributed by atoms with van der Waals surface area (Å²) in [6, 6.07) is 12.1. The molecule has 1 atom stereocenters. The highest BCUT2D eigenvalue weighted by atomic mass is 19.1. The van der Waals surface area contributed by atoms with Crippen molar-refractivity contribution in [3.05, 3.63) is 65.6 Å². The highest BCUT2D eigenvalue weighted by molar-refractivity contribution is 5.87. The standard InChI is InChI=1S/C18H16FN3O3/c19-12-7-5-11(6-8-12)15(10-18(24)25)20-17(23)9-16-13-3-1-2-4-14(13)21-22-16/h1-8,15H,9-10H2,(H,20,23)(H,21,22)(H,24,25)/t15-/m1/s1. The minimum Gasteiger partial charge on any atom is -0.481 e. The number of fused-ring (bicyclic) bond motifs is 1. The maximum atomic E-state index is 13.1. The summed E-state index contributed by atoms with van der Waals surface area (Å²) in [6.45, 7) is 0. The van der Waals surface area contributed by atoms with Gasteiger partial charge in [0.2, 0.25) is 5.91 Å². The van der Waals surface area contributed by atoms with Crippen molar-refractivity contribution in [3.8, 4) is 0 Å². The summed E-state index contributed by atoms with van der Waals surface area (Å²) in [5.74, 6) is -1.82. The van der Waals surface area contributed by atoms with Gasteiger partial charge in [-0.3, -0.25) is 14.7 Å². The Kier molecular flexibility index (Phi) is 4.74. The number of nitrogens with one attached hydrogen (secondary N) is 2. The van der Waals surface area contributed by atoms with Crippen molar-refractivity contribution in [3.63, 3.8) is 0 Å². The van der Waals surface area contributed by atoms with E-state index in [0.29, 0.717) is 11.3 Å². The van der Waals surface area contributed by atoms with Crippen LogP contribution in [0, 0.1) is 5.82 Å². The maximum Gasteiger partial charge on any atom is 0.305 e. The van der Waals surface area contributed by atoms with Crippen LogP contribution in [0.25, 0.3) is 10.9 Å². The first-order valence-electron chi connectivity index (χ1n) is 7.71. The summed E-state index contributed by atoms with van der Waals surface area (Å²) < 4.78 is 13.1. The second kappa shape index (κ2) is 7.12. The number of amides is 1. The Hall–Kier alpha value is -3.22. The molecule has 3 aromatic rings. The van der Waals surface area contributed by atoms with Gasteiger partial charge in [-0.05, 0) is 23.8 Å². The minimum atomic E-state index is -1.05. The largest absolute Gasteiger partial charge is 0.481 e. The van der Waals surface area contributed by atoms with Crippen LogP contribution < -0.4 is 5.32 Å². The van der Waals surface area contributed by atoms with Crippen LogP contribution in [0.4, 0.5) is 4.39 Å². The topological polar surface area (TPSA) is 95.1 Å². The zero-order chi connectivity index (χ0) is 17.8. The first kappa shape index (κ1) is 16.6. The summed E-state index contributed by atoms with van der Waals surface area (Å²) in [5.41, 5.74) is 1.94. The van der Waals surface area contributed by atoms with E-state index in [1.807, 2.05) is 24.3 Å². The van der Waals surface area contributed by atoms with E-state index in [2.05, 4.69) is 15.5 Å². The van der Waals surface area contributed by atoms with Gasteiger partial charge in [-0.1, -0.05) is 30.3 Å². The number of H-pyrrole nitrogens is 1. The van der Waals surface area contributed by atoms with E-state index in [1.54, 1.807) is 0 Å². The maximum absolute atomic E-state index is 13.1. The van der Waals surface area contributed by atoms with Crippen LogP contribution in [0.15, 0.2) is 48.5 Å². The molecule has 0 unspecified atom stereocenters. The Bertz CT molecular complexity index is 905. The highest BCUT2D eigenvalue weighted by Gasteiger charge is 2.19. The van der Waals surface area contributed by atoms with Gasteiger partial charge in [0.05, 0.1) is 30.1 Å². The lowest BCUT2D eigenvalue weighted by Crippen LogP contribution is -2.31. The molecule has 3 rings (SSSR count). The fourth-order valence-electron chi connectivity index (χ4n) is 2.68. The predicted octanol–water partition coefficient (Wildman–Crippen LogP) is 2.58. The Morgan fingerprint density at radius 3 is 2.60 bits per heavy atom. The molecule has 0 saturated heterocycles. The molecule has 0 saturated carbocycles. The molecule has 1 aromatic heterocycles. The van der Waals surface area contributed by atoms with Crippen LogP contribution in [-0.4, -0.2) is 27.2 Å². The van der Waals surface area contributed by atoms with Crippen LogP contribution in [0.1, 0.15) is 23.7 Å².